The number of nitrogens with zero attached hydrogens (tertiary/aromatic N) is 1. The first-order valence-corrected chi connectivity index (χ1v) is 6.51. The van der Waals surface area contributed by atoms with E-state index in [0.717, 1.165) is 24.8 Å². The number of pyridine rings is 1. The minimum atomic E-state index is -0.978. The maximum absolute atomic E-state index is 12.1. The number of hydrogen-bond acceptors (Lipinski definition) is 3. The zero-order chi connectivity index (χ0) is 10.7. The molecule has 1 saturated heterocycles. The third kappa shape index (κ3) is 1.84. The number of hydrogen-bond donors (Lipinski definition) is 1. The minimum absolute atomic E-state index is 0.0503. The Balaban J connectivity index is 2.40. The highest BCUT2D eigenvalue weighted by molar-refractivity contribution is 7.86. The summed E-state index contributed by atoms with van der Waals surface area (Å²) in [5, 5.41) is 9.54. The second-order valence-corrected chi connectivity index (χ2v) is 5.78. The van der Waals surface area contributed by atoms with Crippen molar-refractivity contribution in [1.82, 2.24) is 4.98 Å². The van der Waals surface area contributed by atoms with Crippen LogP contribution in [-0.2, 0) is 15.5 Å². The van der Waals surface area contributed by atoms with Crippen LogP contribution in [0.15, 0.2) is 24.5 Å². The lowest BCUT2D eigenvalue weighted by Gasteiger charge is -2.34. The SMILES string of the molecule is O=S1CCCC[C@]1(CO)c1cccnc1. The smallest absolute Gasteiger partial charge is 0.0951 e. The number of aliphatic hydroxyl groups is 1. The highest BCUT2D eigenvalue weighted by Crippen LogP contribution is 2.36. The zero-order valence-corrected chi connectivity index (χ0v) is 9.37. The van der Waals surface area contributed by atoms with Crippen LogP contribution in [0.25, 0.3) is 0 Å². The summed E-state index contributed by atoms with van der Waals surface area (Å²) >= 11 is 0. The molecule has 1 fully saturated rings. The summed E-state index contributed by atoms with van der Waals surface area (Å²) in [6.07, 6.45) is 6.23. The van der Waals surface area contributed by atoms with Crippen LogP contribution in [0, 0.1) is 0 Å². The molecule has 2 heterocycles. The molecule has 3 nitrogen and oxygen atoms in total. The van der Waals surface area contributed by atoms with Gasteiger partial charge in [0.25, 0.3) is 0 Å². The molecule has 1 unspecified atom stereocenters. The highest BCUT2D eigenvalue weighted by atomic mass is 32.2. The molecule has 0 radical (unpaired) electrons. The van der Waals surface area contributed by atoms with E-state index in [1.807, 2.05) is 12.1 Å². The number of rotatable bonds is 2. The van der Waals surface area contributed by atoms with E-state index in [0.29, 0.717) is 5.75 Å². The maximum Gasteiger partial charge on any atom is 0.0951 e. The van der Waals surface area contributed by atoms with Crippen LogP contribution in [0.4, 0.5) is 0 Å². The van der Waals surface area contributed by atoms with Crippen molar-refractivity contribution in [1.29, 1.82) is 0 Å². The van der Waals surface area contributed by atoms with Crippen LogP contribution >= 0.6 is 0 Å². The van der Waals surface area contributed by atoms with Gasteiger partial charge in [-0.25, -0.2) is 0 Å². The predicted octanol–water partition coefficient (Wildman–Crippen LogP) is 1.20. The highest BCUT2D eigenvalue weighted by Gasteiger charge is 2.40. The van der Waals surface area contributed by atoms with Gasteiger partial charge in [-0.1, -0.05) is 12.5 Å². The molecule has 1 aliphatic heterocycles. The van der Waals surface area contributed by atoms with Gasteiger partial charge in [0.05, 0.1) is 11.4 Å². The van der Waals surface area contributed by atoms with Gasteiger partial charge in [-0.2, -0.15) is 0 Å². The molecule has 0 bridgehead atoms. The van der Waals surface area contributed by atoms with Gasteiger partial charge < -0.3 is 5.11 Å². The van der Waals surface area contributed by atoms with E-state index < -0.39 is 15.5 Å². The summed E-state index contributed by atoms with van der Waals surface area (Å²) in [6, 6.07) is 3.74. The van der Waals surface area contributed by atoms with Gasteiger partial charge in [-0.3, -0.25) is 9.19 Å². The third-order valence-corrected chi connectivity index (χ3v) is 5.14. The predicted molar refractivity (Wildman–Crippen MR) is 59.9 cm³/mol. The lowest BCUT2D eigenvalue weighted by molar-refractivity contribution is 0.232. The first kappa shape index (κ1) is 10.8. The molecule has 0 saturated carbocycles. The zero-order valence-electron chi connectivity index (χ0n) is 8.56. The quantitative estimate of drug-likeness (QED) is 0.823. The summed E-state index contributed by atoms with van der Waals surface area (Å²) in [5.41, 5.74) is 0.908. The standard InChI is InChI=1S/C11H15NO2S/c13-9-11(5-1-2-7-15(11)14)10-4-3-6-12-8-10/h3-4,6,8,13H,1-2,5,7,9H2/t11-,15?/m0/s1. The molecule has 1 aliphatic rings. The van der Waals surface area contributed by atoms with Crippen molar-refractivity contribution in [3.8, 4) is 0 Å². The summed E-state index contributed by atoms with van der Waals surface area (Å²) in [6.45, 7) is -0.0503. The van der Waals surface area contributed by atoms with Gasteiger partial charge in [-0.05, 0) is 24.5 Å². The molecular weight excluding hydrogens is 210 g/mol. The Kier molecular flexibility index (Phi) is 3.17. The van der Waals surface area contributed by atoms with Crippen molar-refractivity contribution >= 4 is 10.8 Å². The Morgan fingerprint density at radius 1 is 1.53 bits per heavy atom. The summed E-state index contributed by atoms with van der Waals surface area (Å²) in [4.78, 5) is 4.04. The van der Waals surface area contributed by atoms with Crippen LogP contribution in [0.2, 0.25) is 0 Å². The van der Waals surface area contributed by atoms with E-state index in [9.17, 15) is 9.32 Å². The second-order valence-electron chi connectivity index (χ2n) is 3.90. The van der Waals surface area contributed by atoms with E-state index in [1.54, 1.807) is 12.4 Å². The Hall–Kier alpha value is -0.740. The van der Waals surface area contributed by atoms with Crippen molar-refractivity contribution in [3.05, 3.63) is 30.1 Å². The molecule has 2 atom stereocenters. The van der Waals surface area contributed by atoms with Gasteiger partial charge in [0.15, 0.2) is 0 Å². The Morgan fingerprint density at radius 3 is 3.00 bits per heavy atom. The van der Waals surface area contributed by atoms with Crippen molar-refractivity contribution in [2.24, 2.45) is 0 Å². The third-order valence-electron chi connectivity index (χ3n) is 3.04. The van der Waals surface area contributed by atoms with Gasteiger partial charge in [0.2, 0.25) is 0 Å². The maximum atomic E-state index is 12.1. The lowest BCUT2D eigenvalue weighted by atomic mass is 9.94. The van der Waals surface area contributed by atoms with Crippen LogP contribution in [0.3, 0.4) is 0 Å². The van der Waals surface area contributed by atoms with E-state index in [4.69, 9.17) is 0 Å². The normalized spacial score (nSPS) is 31.4. The first-order chi connectivity index (χ1) is 7.29. The summed E-state index contributed by atoms with van der Waals surface area (Å²) in [7, 11) is -0.978. The van der Waals surface area contributed by atoms with Gasteiger partial charge in [0.1, 0.15) is 0 Å². The summed E-state index contributed by atoms with van der Waals surface area (Å²) < 4.78 is 11.5. The Morgan fingerprint density at radius 2 is 2.40 bits per heavy atom. The van der Waals surface area contributed by atoms with E-state index >= 15 is 0 Å². The molecule has 82 valence electrons. The van der Waals surface area contributed by atoms with Crippen LogP contribution in [0.1, 0.15) is 24.8 Å². The molecule has 1 aromatic rings. The molecule has 0 aromatic carbocycles. The minimum Gasteiger partial charge on any atom is -0.394 e. The molecular formula is C11H15NO2S. The Bertz CT molecular complexity index is 355. The molecule has 0 amide bonds. The van der Waals surface area contributed by atoms with Crippen LogP contribution in [-0.4, -0.2) is 26.7 Å². The van der Waals surface area contributed by atoms with Gasteiger partial charge in [0, 0.05) is 28.9 Å². The fraction of sp³-hybridized carbons (Fsp3) is 0.545. The van der Waals surface area contributed by atoms with Crippen LogP contribution < -0.4 is 0 Å². The molecule has 15 heavy (non-hydrogen) atoms. The molecule has 1 N–H and O–H groups in total. The first-order valence-electron chi connectivity index (χ1n) is 5.19. The molecule has 0 spiro atoms. The van der Waals surface area contributed by atoms with Crippen molar-refractivity contribution in [2.45, 2.75) is 24.0 Å². The second kappa shape index (κ2) is 4.41. The molecule has 2 rings (SSSR count). The number of aliphatic hydroxyl groups excluding tert-OH is 1. The van der Waals surface area contributed by atoms with E-state index in [-0.39, 0.29) is 6.61 Å². The fourth-order valence-corrected chi connectivity index (χ4v) is 3.86. The average Bonchev–Trinajstić information content (AvgIpc) is 2.31. The Labute approximate surface area is 92.0 Å². The van der Waals surface area contributed by atoms with Crippen molar-refractivity contribution < 1.29 is 9.32 Å². The van der Waals surface area contributed by atoms with Gasteiger partial charge in [-0.15, -0.1) is 0 Å². The number of aromatic nitrogens is 1. The monoisotopic (exact) mass is 225 g/mol. The lowest BCUT2D eigenvalue weighted by Crippen LogP contribution is -2.39. The van der Waals surface area contributed by atoms with Gasteiger partial charge >= 0.3 is 0 Å². The summed E-state index contributed by atoms with van der Waals surface area (Å²) in [5.74, 6) is 0.690. The van der Waals surface area contributed by atoms with E-state index in [1.165, 1.54) is 0 Å². The molecule has 1 aromatic heterocycles. The van der Waals surface area contributed by atoms with Crippen LogP contribution in [0.5, 0.6) is 0 Å². The average molecular weight is 225 g/mol. The van der Waals surface area contributed by atoms with E-state index in [2.05, 4.69) is 4.98 Å². The largest absolute Gasteiger partial charge is 0.394 e. The van der Waals surface area contributed by atoms with Crippen molar-refractivity contribution in [2.75, 3.05) is 12.4 Å². The molecule has 0 aliphatic carbocycles. The fourth-order valence-electron chi connectivity index (χ4n) is 2.10. The van der Waals surface area contributed by atoms with Crippen molar-refractivity contribution in [3.63, 3.8) is 0 Å². The topological polar surface area (TPSA) is 50.2 Å². The molecule has 4 heteroatoms.